The molecule has 0 spiro atoms. The third-order valence-electron chi connectivity index (χ3n) is 5.14. The maximum absolute atomic E-state index is 13.4. The van der Waals surface area contributed by atoms with E-state index in [1.807, 2.05) is 22.8 Å². The van der Waals surface area contributed by atoms with Crippen LogP contribution in [0.25, 0.3) is 22.8 Å². The van der Waals surface area contributed by atoms with Gasteiger partial charge in [-0.05, 0) is 49.2 Å². The fourth-order valence-electron chi connectivity index (χ4n) is 3.56. The van der Waals surface area contributed by atoms with E-state index in [9.17, 15) is 4.39 Å². The molecule has 10 heteroatoms. The maximum atomic E-state index is 13.4. The van der Waals surface area contributed by atoms with Crippen LogP contribution in [0.4, 0.5) is 4.39 Å². The van der Waals surface area contributed by atoms with Gasteiger partial charge in [0.1, 0.15) is 5.82 Å². The number of aromatic nitrogens is 5. The highest BCUT2D eigenvalue weighted by atomic mass is 35.5. The van der Waals surface area contributed by atoms with Crippen LogP contribution in [-0.4, -0.2) is 37.6 Å². The minimum atomic E-state index is -0.292. The molecular formula is C22H19ClFN5O2S. The van der Waals surface area contributed by atoms with Gasteiger partial charge in [0.2, 0.25) is 11.7 Å². The summed E-state index contributed by atoms with van der Waals surface area (Å²) in [4.78, 5) is 4.46. The van der Waals surface area contributed by atoms with E-state index in [1.165, 1.54) is 23.9 Å². The molecule has 1 fully saturated rings. The lowest BCUT2D eigenvalue weighted by Crippen LogP contribution is -2.16. The summed E-state index contributed by atoms with van der Waals surface area (Å²) in [6, 6.07) is 13.6. The number of benzene rings is 2. The number of hydrogen-bond donors (Lipinski definition) is 0. The Kier molecular flexibility index (Phi) is 6.20. The number of thioether (sulfide) groups is 1. The molecule has 2 aromatic heterocycles. The first-order valence-electron chi connectivity index (χ1n) is 10.2. The Morgan fingerprint density at radius 3 is 2.75 bits per heavy atom. The molecule has 0 saturated carbocycles. The average molecular weight is 472 g/mol. The number of hydrogen-bond acceptors (Lipinski definition) is 7. The molecule has 0 radical (unpaired) electrons. The van der Waals surface area contributed by atoms with Gasteiger partial charge < -0.3 is 9.26 Å². The van der Waals surface area contributed by atoms with E-state index in [1.54, 1.807) is 18.2 Å². The summed E-state index contributed by atoms with van der Waals surface area (Å²) in [7, 11) is 0. The van der Waals surface area contributed by atoms with Crippen LogP contribution in [-0.2, 0) is 17.0 Å². The molecule has 1 saturated heterocycles. The second-order valence-corrected chi connectivity index (χ2v) is 8.69. The van der Waals surface area contributed by atoms with Crippen molar-refractivity contribution in [2.75, 3.05) is 6.61 Å². The van der Waals surface area contributed by atoms with Crippen molar-refractivity contribution >= 4 is 23.4 Å². The molecule has 1 aliphatic rings. The van der Waals surface area contributed by atoms with Gasteiger partial charge in [0.25, 0.3) is 0 Å². The second kappa shape index (κ2) is 9.40. The van der Waals surface area contributed by atoms with Gasteiger partial charge in [-0.25, -0.2) is 4.39 Å². The van der Waals surface area contributed by atoms with Crippen molar-refractivity contribution < 1.29 is 13.7 Å². The second-order valence-electron chi connectivity index (χ2n) is 7.34. The number of ether oxygens (including phenoxy) is 1. The fraction of sp³-hybridized carbons (Fsp3) is 0.273. The number of nitrogens with zero attached hydrogens (tertiary/aromatic N) is 5. The molecule has 4 aromatic rings. The van der Waals surface area contributed by atoms with Crippen molar-refractivity contribution in [3.05, 3.63) is 65.3 Å². The zero-order valence-electron chi connectivity index (χ0n) is 16.9. The molecule has 0 N–H and O–H groups in total. The maximum Gasteiger partial charge on any atom is 0.237 e. The van der Waals surface area contributed by atoms with Gasteiger partial charge in [0, 0.05) is 17.7 Å². The topological polar surface area (TPSA) is 78.9 Å². The Morgan fingerprint density at radius 2 is 1.97 bits per heavy atom. The summed E-state index contributed by atoms with van der Waals surface area (Å²) in [6.07, 6.45) is 2.11. The summed E-state index contributed by atoms with van der Waals surface area (Å²) in [5.74, 6) is 1.70. The lowest BCUT2D eigenvalue weighted by molar-refractivity contribution is 0.0953. The van der Waals surface area contributed by atoms with E-state index in [0.717, 1.165) is 25.0 Å². The van der Waals surface area contributed by atoms with Crippen LogP contribution in [0, 0.1) is 5.82 Å². The van der Waals surface area contributed by atoms with Crippen molar-refractivity contribution in [1.82, 2.24) is 24.9 Å². The van der Waals surface area contributed by atoms with Crippen LogP contribution in [0.1, 0.15) is 18.7 Å². The van der Waals surface area contributed by atoms with Crippen molar-refractivity contribution in [3.63, 3.8) is 0 Å². The number of rotatable bonds is 7. The normalized spacial score (nSPS) is 16.0. The van der Waals surface area contributed by atoms with E-state index < -0.39 is 0 Å². The summed E-state index contributed by atoms with van der Waals surface area (Å²) >= 11 is 7.68. The molecule has 5 rings (SSSR count). The summed E-state index contributed by atoms with van der Waals surface area (Å²) in [6.45, 7) is 1.38. The van der Waals surface area contributed by atoms with Gasteiger partial charge in [-0.15, -0.1) is 10.2 Å². The first kappa shape index (κ1) is 21.1. The summed E-state index contributed by atoms with van der Waals surface area (Å²) in [5, 5.41) is 14.0. The third kappa shape index (κ3) is 4.55. The average Bonchev–Trinajstić information content (AvgIpc) is 3.56. The lowest BCUT2D eigenvalue weighted by Gasteiger charge is -2.14. The van der Waals surface area contributed by atoms with E-state index in [2.05, 4.69) is 20.3 Å². The minimum Gasteiger partial charge on any atom is -0.376 e. The molecule has 2 aromatic carbocycles. The monoisotopic (exact) mass is 471 g/mol. The van der Waals surface area contributed by atoms with Crippen LogP contribution in [0.15, 0.2) is 58.2 Å². The molecule has 1 atom stereocenters. The van der Waals surface area contributed by atoms with Crippen LogP contribution >= 0.6 is 23.4 Å². The van der Waals surface area contributed by atoms with Crippen molar-refractivity contribution in [3.8, 4) is 22.8 Å². The van der Waals surface area contributed by atoms with Gasteiger partial charge in [-0.2, -0.15) is 4.98 Å². The molecule has 0 bridgehead atoms. The summed E-state index contributed by atoms with van der Waals surface area (Å²) in [5.41, 5.74) is 1.51. The molecular weight excluding hydrogens is 453 g/mol. The Morgan fingerprint density at radius 1 is 1.12 bits per heavy atom. The largest absolute Gasteiger partial charge is 0.376 e. The van der Waals surface area contributed by atoms with E-state index in [-0.39, 0.29) is 11.9 Å². The predicted octanol–water partition coefficient (Wildman–Crippen LogP) is 5.26. The molecule has 7 nitrogen and oxygen atoms in total. The van der Waals surface area contributed by atoms with Gasteiger partial charge in [-0.1, -0.05) is 40.7 Å². The van der Waals surface area contributed by atoms with Gasteiger partial charge in [0.15, 0.2) is 11.0 Å². The predicted molar refractivity (Wildman–Crippen MR) is 119 cm³/mol. The molecule has 1 aliphatic heterocycles. The van der Waals surface area contributed by atoms with Crippen molar-refractivity contribution in [2.45, 2.75) is 36.4 Å². The standard InChI is InChI=1S/C22H19ClFN5O2S/c23-18-6-2-1-5-17(18)20-25-19(31-28-20)13-32-22-27-26-21(14-7-9-15(24)10-8-14)29(22)12-16-4-3-11-30-16/h1-2,5-10,16H,3-4,11-13H2/t16-/m0/s1. The molecule has 164 valence electrons. The highest BCUT2D eigenvalue weighted by Crippen LogP contribution is 2.30. The quantitative estimate of drug-likeness (QED) is 0.340. The van der Waals surface area contributed by atoms with Gasteiger partial charge in [0.05, 0.1) is 23.4 Å². The number of halogens is 2. The smallest absolute Gasteiger partial charge is 0.237 e. The van der Waals surface area contributed by atoms with Crippen LogP contribution < -0.4 is 0 Å². The molecule has 0 unspecified atom stereocenters. The third-order valence-corrected chi connectivity index (χ3v) is 6.42. The zero-order chi connectivity index (χ0) is 21.9. The fourth-order valence-corrected chi connectivity index (χ4v) is 4.56. The zero-order valence-corrected chi connectivity index (χ0v) is 18.5. The minimum absolute atomic E-state index is 0.0970. The van der Waals surface area contributed by atoms with Gasteiger partial charge in [-0.3, -0.25) is 4.57 Å². The van der Waals surface area contributed by atoms with Crippen LogP contribution in [0.5, 0.6) is 0 Å². The Labute approximate surface area is 193 Å². The molecule has 3 heterocycles. The SMILES string of the molecule is Fc1ccc(-c2nnc(SCc3nc(-c4ccccc4Cl)no3)n2C[C@@H]2CCCO2)cc1. The van der Waals surface area contributed by atoms with E-state index in [4.69, 9.17) is 20.9 Å². The summed E-state index contributed by atoms with van der Waals surface area (Å²) < 4.78 is 26.6. The van der Waals surface area contributed by atoms with Crippen LogP contribution in [0.3, 0.4) is 0 Å². The Hall–Kier alpha value is -2.75. The lowest BCUT2D eigenvalue weighted by atomic mass is 10.2. The van der Waals surface area contributed by atoms with Crippen molar-refractivity contribution in [1.29, 1.82) is 0 Å². The van der Waals surface area contributed by atoms with E-state index in [0.29, 0.717) is 45.6 Å². The highest BCUT2D eigenvalue weighted by Gasteiger charge is 2.22. The first-order chi connectivity index (χ1) is 15.7. The molecule has 0 aliphatic carbocycles. The first-order valence-corrected chi connectivity index (χ1v) is 11.5. The van der Waals surface area contributed by atoms with Gasteiger partial charge >= 0.3 is 0 Å². The van der Waals surface area contributed by atoms with Crippen LogP contribution in [0.2, 0.25) is 5.02 Å². The molecule has 32 heavy (non-hydrogen) atoms. The Bertz CT molecular complexity index is 1210. The van der Waals surface area contributed by atoms with E-state index >= 15 is 0 Å². The Balaban J connectivity index is 1.37. The highest BCUT2D eigenvalue weighted by molar-refractivity contribution is 7.98. The van der Waals surface area contributed by atoms with Crippen molar-refractivity contribution in [2.24, 2.45) is 0 Å². The molecule has 0 amide bonds.